The van der Waals surface area contributed by atoms with E-state index in [1.807, 2.05) is 23.9 Å². The molecule has 1 amide bonds. The van der Waals surface area contributed by atoms with E-state index in [9.17, 15) is 4.79 Å². The van der Waals surface area contributed by atoms with E-state index in [4.69, 9.17) is 11.6 Å². The Hall–Kier alpha value is -1.99. The number of thioether (sulfide) groups is 1. The van der Waals surface area contributed by atoms with Gasteiger partial charge in [0.1, 0.15) is 0 Å². The second-order valence-electron chi connectivity index (χ2n) is 9.71. The summed E-state index contributed by atoms with van der Waals surface area (Å²) in [6, 6.07) is 21.6. The van der Waals surface area contributed by atoms with Crippen molar-refractivity contribution < 1.29 is 4.79 Å². The Labute approximate surface area is 228 Å². The number of thiophene rings is 1. The lowest BCUT2D eigenvalue weighted by Gasteiger charge is -2.43. The minimum atomic E-state index is 0.220. The van der Waals surface area contributed by atoms with Gasteiger partial charge in [0.2, 0.25) is 0 Å². The Kier molecular flexibility index (Phi) is 8.58. The first kappa shape index (κ1) is 25.7. The fourth-order valence-electron chi connectivity index (χ4n) is 5.25. The quantitative estimate of drug-likeness (QED) is 0.306. The molecule has 0 radical (unpaired) electrons. The van der Waals surface area contributed by atoms with Gasteiger partial charge in [0.25, 0.3) is 5.91 Å². The number of carbonyl (C=O) groups excluding carboxylic acids is 1. The molecule has 36 heavy (non-hydrogen) atoms. The van der Waals surface area contributed by atoms with Gasteiger partial charge in [0, 0.05) is 60.1 Å². The molecule has 2 aromatic carbocycles. The predicted octanol–water partition coefficient (Wildman–Crippen LogP) is 6.47. The highest BCUT2D eigenvalue weighted by Crippen LogP contribution is 2.35. The van der Waals surface area contributed by atoms with Crippen LogP contribution in [0.1, 0.15) is 33.6 Å². The molecule has 3 heterocycles. The Morgan fingerprint density at radius 2 is 1.75 bits per heavy atom. The number of carbonyl (C=O) groups is 1. The van der Waals surface area contributed by atoms with E-state index in [1.165, 1.54) is 20.3 Å². The second-order valence-corrected chi connectivity index (χ2v) is 12.8. The Morgan fingerprint density at radius 1 is 0.972 bits per heavy atom. The van der Waals surface area contributed by atoms with Crippen LogP contribution in [0.4, 0.5) is 5.69 Å². The number of amides is 1. The fraction of sp³-hybridized carbons (Fsp3) is 0.414. The van der Waals surface area contributed by atoms with Crippen molar-refractivity contribution in [1.29, 1.82) is 0 Å². The van der Waals surface area contributed by atoms with Crippen LogP contribution >= 0.6 is 34.7 Å². The molecule has 0 aliphatic carbocycles. The lowest BCUT2D eigenvalue weighted by atomic mass is 10.0. The summed E-state index contributed by atoms with van der Waals surface area (Å²) in [5.41, 5.74) is 3.55. The molecule has 7 heteroatoms. The average molecular weight is 540 g/mol. The molecule has 4 nitrogen and oxygen atoms in total. The fourth-order valence-corrected chi connectivity index (χ4v) is 7.78. The van der Waals surface area contributed by atoms with Crippen LogP contribution < -0.4 is 4.90 Å². The summed E-state index contributed by atoms with van der Waals surface area (Å²) in [6.45, 7) is 7.95. The number of unbranched alkanes of at least 4 members (excludes halogenated alkanes) is 1. The van der Waals surface area contributed by atoms with Gasteiger partial charge in [-0.15, -0.1) is 23.1 Å². The lowest BCUT2D eigenvalue weighted by Crippen LogP contribution is -2.54. The Morgan fingerprint density at radius 3 is 2.56 bits per heavy atom. The van der Waals surface area contributed by atoms with Crippen LogP contribution in [0.3, 0.4) is 0 Å². The van der Waals surface area contributed by atoms with Crippen LogP contribution in [0.5, 0.6) is 0 Å². The maximum absolute atomic E-state index is 13.1. The number of benzene rings is 2. The molecule has 1 unspecified atom stereocenters. The molecule has 0 saturated carbocycles. The molecule has 1 aromatic heterocycles. The maximum Gasteiger partial charge on any atom is 0.255 e. The third-order valence-corrected chi connectivity index (χ3v) is 9.74. The minimum Gasteiger partial charge on any atom is -0.369 e. The van der Waals surface area contributed by atoms with Crippen molar-refractivity contribution >= 4 is 46.3 Å². The van der Waals surface area contributed by atoms with Crippen LogP contribution in [-0.2, 0) is 6.42 Å². The lowest BCUT2D eigenvalue weighted by molar-refractivity contribution is 0.0759. The van der Waals surface area contributed by atoms with E-state index in [2.05, 4.69) is 70.2 Å². The predicted molar refractivity (Wildman–Crippen MR) is 154 cm³/mol. The van der Waals surface area contributed by atoms with E-state index in [0.717, 1.165) is 74.9 Å². The number of hydrogen-bond acceptors (Lipinski definition) is 5. The van der Waals surface area contributed by atoms with Crippen molar-refractivity contribution in [3.63, 3.8) is 0 Å². The maximum atomic E-state index is 13.1. The van der Waals surface area contributed by atoms with Gasteiger partial charge in [-0.3, -0.25) is 9.69 Å². The third kappa shape index (κ3) is 6.28. The molecule has 5 rings (SSSR count). The number of rotatable bonds is 8. The molecule has 2 aliphatic heterocycles. The monoisotopic (exact) mass is 539 g/mol. The number of nitrogens with zero attached hydrogens (tertiary/aromatic N) is 3. The number of fused-ring (bicyclic) bond motifs is 1. The number of piperazine rings is 1. The van der Waals surface area contributed by atoms with Gasteiger partial charge in [-0.1, -0.05) is 41.9 Å². The van der Waals surface area contributed by atoms with Crippen molar-refractivity contribution in [1.82, 2.24) is 9.80 Å². The summed E-state index contributed by atoms with van der Waals surface area (Å²) in [7, 11) is 0. The number of anilines is 1. The first-order valence-electron chi connectivity index (χ1n) is 12.9. The normalized spacial score (nSPS) is 18.8. The molecule has 190 valence electrons. The topological polar surface area (TPSA) is 26.8 Å². The summed E-state index contributed by atoms with van der Waals surface area (Å²) in [5.74, 6) is 1.21. The Bertz CT molecular complexity index is 1150. The van der Waals surface area contributed by atoms with Gasteiger partial charge in [0.15, 0.2) is 0 Å². The molecular weight excluding hydrogens is 506 g/mol. The first-order valence-corrected chi connectivity index (χ1v) is 15.1. The molecule has 1 saturated heterocycles. The summed E-state index contributed by atoms with van der Waals surface area (Å²) in [6.07, 6.45) is 3.20. The molecule has 0 N–H and O–H groups in total. The zero-order valence-corrected chi connectivity index (χ0v) is 23.3. The van der Waals surface area contributed by atoms with Crippen molar-refractivity contribution in [2.75, 3.05) is 49.9 Å². The van der Waals surface area contributed by atoms with E-state index >= 15 is 0 Å². The van der Waals surface area contributed by atoms with Crippen molar-refractivity contribution in [3.8, 4) is 0 Å². The highest BCUT2D eigenvalue weighted by atomic mass is 35.5. The molecule has 1 atom stereocenters. The smallest absolute Gasteiger partial charge is 0.255 e. The van der Waals surface area contributed by atoms with Gasteiger partial charge in [-0.2, -0.15) is 0 Å². The second kappa shape index (κ2) is 12.0. The summed E-state index contributed by atoms with van der Waals surface area (Å²) < 4.78 is 1.20. The molecule has 3 aromatic rings. The van der Waals surface area contributed by atoms with Gasteiger partial charge in [-0.25, -0.2) is 0 Å². The van der Waals surface area contributed by atoms with Crippen molar-refractivity contribution in [2.45, 2.75) is 36.4 Å². The first-order chi connectivity index (χ1) is 17.6. The molecule has 0 bridgehead atoms. The van der Waals surface area contributed by atoms with Crippen LogP contribution in [0.15, 0.2) is 64.9 Å². The van der Waals surface area contributed by atoms with Crippen LogP contribution in [0.25, 0.3) is 0 Å². The molecular formula is C29H34ClN3OS2. The van der Waals surface area contributed by atoms with Gasteiger partial charge in [-0.05, 0) is 68.6 Å². The SMILES string of the molecule is Cc1cc2c(s1)SCCN(CCCCN1CCN(c3ccc(Cl)cc3)CC1Cc1ccccc1)C2=O. The van der Waals surface area contributed by atoms with Crippen LogP contribution in [0.2, 0.25) is 5.02 Å². The average Bonchev–Trinajstić information content (AvgIpc) is 3.20. The molecule has 0 spiro atoms. The van der Waals surface area contributed by atoms with Crippen LogP contribution in [0, 0.1) is 6.92 Å². The summed E-state index contributed by atoms with van der Waals surface area (Å²) >= 11 is 9.72. The van der Waals surface area contributed by atoms with Crippen molar-refractivity contribution in [2.24, 2.45) is 0 Å². The van der Waals surface area contributed by atoms with E-state index in [0.29, 0.717) is 6.04 Å². The number of hydrogen-bond donors (Lipinski definition) is 0. The van der Waals surface area contributed by atoms with Gasteiger partial charge < -0.3 is 9.80 Å². The van der Waals surface area contributed by atoms with E-state index in [-0.39, 0.29) is 5.91 Å². The van der Waals surface area contributed by atoms with Crippen molar-refractivity contribution in [3.05, 3.63) is 81.7 Å². The van der Waals surface area contributed by atoms with E-state index in [1.54, 1.807) is 11.3 Å². The summed E-state index contributed by atoms with van der Waals surface area (Å²) in [4.78, 5) is 21.6. The molecule has 2 aliphatic rings. The highest BCUT2D eigenvalue weighted by Gasteiger charge is 2.28. The Balaban J connectivity index is 1.18. The van der Waals surface area contributed by atoms with E-state index < -0.39 is 0 Å². The highest BCUT2D eigenvalue weighted by molar-refractivity contribution is 8.01. The molecule has 1 fully saturated rings. The third-order valence-electron chi connectivity index (χ3n) is 7.17. The largest absolute Gasteiger partial charge is 0.369 e. The summed E-state index contributed by atoms with van der Waals surface area (Å²) in [5, 5.41) is 0.782. The van der Waals surface area contributed by atoms with Gasteiger partial charge in [0.05, 0.1) is 9.77 Å². The number of aryl methyl sites for hydroxylation is 1. The number of halogens is 1. The minimum absolute atomic E-state index is 0.220. The standard InChI is InChI=1S/C29H34ClN3OS2/c1-22-19-27-28(34)32(17-18-35-29(27)36-22)14-6-5-13-31-15-16-33(25-11-9-24(30)10-12-25)21-26(31)20-23-7-3-2-4-8-23/h2-4,7-12,19,26H,5-6,13-18,20-21H2,1H3. The zero-order valence-electron chi connectivity index (χ0n) is 20.9. The van der Waals surface area contributed by atoms with Gasteiger partial charge >= 0.3 is 0 Å². The van der Waals surface area contributed by atoms with Crippen LogP contribution in [-0.4, -0.2) is 66.8 Å². The zero-order chi connectivity index (χ0) is 24.9.